The fourth-order valence-corrected chi connectivity index (χ4v) is 3.32. The molecule has 0 unspecified atom stereocenters. The lowest BCUT2D eigenvalue weighted by atomic mass is 10.2. The Hall–Kier alpha value is -3.90. The third-order valence-electron chi connectivity index (χ3n) is 4.60. The molecule has 0 aliphatic carbocycles. The minimum Gasteiger partial charge on any atom is -0.497 e. The SMILES string of the molecule is COc1cccc(-c2nc3ccccc3c(=O)n2NC(=O)C=Cc2cccc(Cl)c2)c1. The molecule has 154 valence electrons. The van der Waals surface area contributed by atoms with E-state index in [9.17, 15) is 9.59 Å². The standard InChI is InChI=1S/C24H18ClN3O3/c1-31-19-9-5-7-17(15-19)23-26-21-11-3-2-10-20(21)24(30)28(23)27-22(29)13-12-16-6-4-8-18(25)14-16/h2-15H,1H3,(H,27,29). The summed E-state index contributed by atoms with van der Waals surface area (Å²) in [6.07, 6.45) is 2.95. The fraction of sp³-hybridized carbons (Fsp3) is 0.0417. The second kappa shape index (κ2) is 8.85. The number of para-hydroxylation sites is 1. The Balaban J connectivity index is 1.77. The third-order valence-corrected chi connectivity index (χ3v) is 4.84. The van der Waals surface area contributed by atoms with E-state index in [-0.39, 0.29) is 5.56 Å². The Kier molecular flexibility index (Phi) is 5.82. The maximum absolute atomic E-state index is 13.2. The molecule has 0 aliphatic rings. The van der Waals surface area contributed by atoms with Crippen LogP contribution < -0.4 is 15.7 Å². The predicted molar refractivity (Wildman–Crippen MR) is 123 cm³/mol. The first kappa shape index (κ1) is 20.4. The van der Waals surface area contributed by atoms with E-state index in [1.54, 1.807) is 79.9 Å². The van der Waals surface area contributed by atoms with Crippen molar-refractivity contribution in [3.05, 3.63) is 99.8 Å². The number of hydrogen-bond acceptors (Lipinski definition) is 4. The van der Waals surface area contributed by atoms with Crippen LogP contribution in [0.1, 0.15) is 5.56 Å². The molecule has 0 atom stereocenters. The van der Waals surface area contributed by atoms with Crippen molar-refractivity contribution in [1.29, 1.82) is 0 Å². The topological polar surface area (TPSA) is 73.2 Å². The van der Waals surface area contributed by atoms with Gasteiger partial charge in [-0.3, -0.25) is 15.0 Å². The summed E-state index contributed by atoms with van der Waals surface area (Å²) in [5, 5.41) is 0.964. The average Bonchev–Trinajstić information content (AvgIpc) is 2.79. The zero-order chi connectivity index (χ0) is 21.8. The van der Waals surface area contributed by atoms with Crippen LogP contribution in [0.2, 0.25) is 5.02 Å². The molecule has 31 heavy (non-hydrogen) atoms. The molecule has 0 spiro atoms. The third kappa shape index (κ3) is 4.49. The van der Waals surface area contributed by atoms with Crippen LogP contribution in [0.4, 0.5) is 0 Å². The minimum atomic E-state index is -0.483. The quantitative estimate of drug-likeness (QED) is 0.472. The molecule has 0 saturated heterocycles. The normalized spacial score (nSPS) is 11.0. The summed E-state index contributed by atoms with van der Waals surface area (Å²) in [4.78, 5) is 30.4. The van der Waals surface area contributed by atoms with Gasteiger partial charge in [0, 0.05) is 16.7 Å². The number of fused-ring (bicyclic) bond motifs is 1. The van der Waals surface area contributed by atoms with Gasteiger partial charge in [0.1, 0.15) is 5.75 Å². The van der Waals surface area contributed by atoms with Gasteiger partial charge in [0.25, 0.3) is 11.5 Å². The van der Waals surface area contributed by atoms with Gasteiger partial charge in [-0.25, -0.2) is 4.98 Å². The highest BCUT2D eigenvalue weighted by Gasteiger charge is 2.14. The zero-order valence-corrected chi connectivity index (χ0v) is 17.3. The van der Waals surface area contributed by atoms with Gasteiger partial charge in [-0.1, -0.05) is 48.0 Å². The molecular formula is C24H18ClN3O3. The van der Waals surface area contributed by atoms with Crippen molar-refractivity contribution in [2.45, 2.75) is 0 Å². The lowest BCUT2D eigenvalue weighted by Crippen LogP contribution is -2.34. The smallest absolute Gasteiger partial charge is 0.280 e. The Morgan fingerprint density at radius 3 is 2.68 bits per heavy atom. The largest absolute Gasteiger partial charge is 0.497 e. The van der Waals surface area contributed by atoms with E-state index >= 15 is 0 Å². The molecule has 0 radical (unpaired) electrons. The van der Waals surface area contributed by atoms with Crippen molar-refractivity contribution in [3.63, 3.8) is 0 Å². The van der Waals surface area contributed by atoms with Gasteiger partial charge in [0.2, 0.25) is 0 Å². The van der Waals surface area contributed by atoms with Gasteiger partial charge < -0.3 is 4.74 Å². The lowest BCUT2D eigenvalue weighted by Gasteiger charge is -2.14. The van der Waals surface area contributed by atoms with Crippen LogP contribution in [0.25, 0.3) is 28.4 Å². The number of carbonyl (C=O) groups excluding carboxylic acids is 1. The van der Waals surface area contributed by atoms with Crippen molar-refractivity contribution in [3.8, 4) is 17.1 Å². The molecule has 7 heteroatoms. The van der Waals surface area contributed by atoms with E-state index in [2.05, 4.69) is 10.4 Å². The molecule has 0 aliphatic heterocycles. The maximum atomic E-state index is 13.2. The number of hydrogen-bond donors (Lipinski definition) is 1. The average molecular weight is 432 g/mol. The van der Waals surface area contributed by atoms with Crippen molar-refractivity contribution in [1.82, 2.24) is 9.66 Å². The number of aromatic nitrogens is 2. The van der Waals surface area contributed by atoms with E-state index in [1.165, 1.54) is 6.08 Å². The number of benzene rings is 3. The Bertz CT molecular complexity index is 1360. The number of ether oxygens (including phenoxy) is 1. The van der Waals surface area contributed by atoms with E-state index in [0.717, 1.165) is 10.2 Å². The highest BCUT2D eigenvalue weighted by Crippen LogP contribution is 2.22. The molecule has 1 aromatic heterocycles. The van der Waals surface area contributed by atoms with Crippen molar-refractivity contribution < 1.29 is 9.53 Å². The molecule has 3 aromatic carbocycles. The number of carbonyl (C=O) groups is 1. The molecule has 0 fully saturated rings. The summed E-state index contributed by atoms with van der Waals surface area (Å²) in [6.45, 7) is 0. The van der Waals surface area contributed by atoms with Crippen LogP contribution in [-0.2, 0) is 4.79 Å². The summed E-state index contributed by atoms with van der Waals surface area (Å²) < 4.78 is 6.44. The monoisotopic (exact) mass is 431 g/mol. The van der Waals surface area contributed by atoms with E-state index in [4.69, 9.17) is 16.3 Å². The van der Waals surface area contributed by atoms with Crippen molar-refractivity contribution in [2.75, 3.05) is 12.5 Å². The predicted octanol–water partition coefficient (Wildman–Crippen LogP) is 4.51. The summed E-state index contributed by atoms with van der Waals surface area (Å²) in [6, 6.07) is 21.2. The highest BCUT2D eigenvalue weighted by atomic mass is 35.5. The van der Waals surface area contributed by atoms with Gasteiger partial charge in [0.15, 0.2) is 5.82 Å². The number of amides is 1. The molecule has 0 saturated carbocycles. The van der Waals surface area contributed by atoms with Gasteiger partial charge in [0.05, 0.1) is 18.0 Å². The Morgan fingerprint density at radius 1 is 1.06 bits per heavy atom. The second-order valence-corrected chi connectivity index (χ2v) is 7.13. The fourth-order valence-electron chi connectivity index (χ4n) is 3.12. The van der Waals surface area contributed by atoms with Gasteiger partial charge in [-0.2, -0.15) is 4.68 Å². The Morgan fingerprint density at radius 2 is 1.87 bits per heavy atom. The summed E-state index contributed by atoms with van der Waals surface area (Å²) >= 11 is 5.98. The first-order valence-corrected chi connectivity index (χ1v) is 9.84. The molecule has 1 heterocycles. The second-order valence-electron chi connectivity index (χ2n) is 6.69. The van der Waals surface area contributed by atoms with Gasteiger partial charge in [-0.05, 0) is 48.0 Å². The van der Waals surface area contributed by atoms with E-state index < -0.39 is 5.91 Å². The first-order chi connectivity index (χ1) is 15.0. The van der Waals surface area contributed by atoms with Crippen LogP contribution in [0.3, 0.4) is 0 Å². The number of rotatable bonds is 5. The number of halogens is 1. The number of nitrogens with one attached hydrogen (secondary N) is 1. The Labute approximate surface area is 183 Å². The molecule has 6 nitrogen and oxygen atoms in total. The minimum absolute atomic E-state index is 0.298. The molecule has 0 bridgehead atoms. The van der Waals surface area contributed by atoms with Crippen LogP contribution in [0.15, 0.2) is 83.7 Å². The maximum Gasteiger partial charge on any atom is 0.280 e. The summed E-state index contributed by atoms with van der Waals surface area (Å²) in [5.41, 5.74) is 4.17. The highest BCUT2D eigenvalue weighted by molar-refractivity contribution is 6.30. The van der Waals surface area contributed by atoms with E-state index in [1.807, 2.05) is 6.07 Å². The summed E-state index contributed by atoms with van der Waals surface area (Å²) in [7, 11) is 1.56. The van der Waals surface area contributed by atoms with Gasteiger partial charge >= 0.3 is 0 Å². The zero-order valence-electron chi connectivity index (χ0n) is 16.6. The van der Waals surface area contributed by atoms with Crippen LogP contribution in [0.5, 0.6) is 5.75 Å². The van der Waals surface area contributed by atoms with Crippen LogP contribution in [-0.4, -0.2) is 22.7 Å². The number of methoxy groups -OCH3 is 1. The molecule has 4 aromatic rings. The van der Waals surface area contributed by atoms with Gasteiger partial charge in [-0.15, -0.1) is 0 Å². The number of nitrogens with zero attached hydrogens (tertiary/aromatic N) is 2. The van der Waals surface area contributed by atoms with Crippen LogP contribution >= 0.6 is 11.6 Å². The molecular weight excluding hydrogens is 414 g/mol. The summed E-state index contributed by atoms with van der Waals surface area (Å²) in [5.74, 6) is 0.425. The van der Waals surface area contributed by atoms with Crippen LogP contribution in [0, 0.1) is 0 Å². The molecule has 4 rings (SSSR count). The van der Waals surface area contributed by atoms with Crippen molar-refractivity contribution >= 4 is 34.5 Å². The van der Waals surface area contributed by atoms with E-state index in [0.29, 0.717) is 33.1 Å². The lowest BCUT2D eigenvalue weighted by molar-refractivity contribution is -0.112. The molecule has 1 N–H and O–H groups in total. The molecule has 1 amide bonds. The first-order valence-electron chi connectivity index (χ1n) is 9.46. The van der Waals surface area contributed by atoms with Crippen molar-refractivity contribution in [2.24, 2.45) is 0 Å².